The van der Waals surface area contributed by atoms with Gasteiger partial charge in [0.25, 0.3) is 0 Å². The summed E-state index contributed by atoms with van der Waals surface area (Å²) in [5.41, 5.74) is 3.82. The number of hydrogen-bond acceptors (Lipinski definition) is 5. The molecule has 2 N–H and O–H groups in total. The molecule has 0 atom stereocenters. The van der Waals surface area contributed by atoms with E-state index in [1.807, 2.05) is 54.0 Å². The fourth-order valence-electron chi connectivity index (χ4n) is 3.99. The second-order valence-corrected chi connectivity index (χ2v) is 11.5. The first-order chi connectivity index (χ1) is 16.4. The van der Waals surface area contributed by atoms with Crippen molar-refractivity contribution in [2.24, 2.45) is 0 Å². The molecular formula is C27H27ClN2O4S. The Morgan fingerprint density at radius 3 is 2.26 bits per heavy atom. The molecule has 0 spiro atoms. The molecule has 35 heavy (non-hydrogen) atoms. The number of aryl methyl sites for hydroxylation is 1. The average molecular weight is 511 g/mol. The lowest BCUT2D eigenvalue weighted by Gasteiger charge is -2.13. The van der Waals surface area contributed by atoms with Crippen LogP contribution in [0.3, 0.4) is 0 Å². The molecule has 0 bridgehead atoms. The molecule has 4 rings (SSSR count). The molecule has 0 amide bonds. The van der Waals surface area contributed by atoms with E-state index in [4.69, 9.17) is 16.6 Å². The molecule has 8 heteroatoms. The largest absolute Gasteiger partial charge is 0.392 e. The molecule has 182 valence electrons. The Kier molecular flexibility index (Phi) is 6.64. The predicted molar refractivity (Wildman–Crippen MR) is 138 cm³/mol. The molecule has 0 unspecified atom stereocenters. The number of aliphatic hydroxyl groups is 2. The first kappa shape index (κ1) is 25.1. The monoisotopic (exact) mass is 510 g/mol. The molecule has 0 fully saturated rings. The highest BCUT2D eigenvalue weighted by molar-refractivity contribution is 7.90. The highest BCUT2D eigenvalue weighted by atomic mass is 35.5. The van der Waals surface area contributed by atoms with Crippen molar-refractivity contribution in [1.29, 1.82) is 0 Å². The maximum atomic E-state index is 12.2. The van der Waals surface area contributed by atoms with Crippen molar-refractivity contribution in [3.05, 3.63) is 88.7 Å². The van der Waals surface area contributed by atoms with Gasteiger partial charge in [-0.05, 0) is 67.3 Å². The number of aliphatic hydroxyl groups excluding tert-OH is 1. The molecule has 3 aromatic carbocycles. The lowest BCUT2D eigenvalue weighted by atomic mass is 10.0. The Hall–Kier alpha value is -2.97. The number of benzene rings is 3. The fourth-order valence-corrected chi connectivity index (χ4v) is 5.24. The van der Waals surface area contributed by atoms with Crippen LogP contribution < -0.4 is 0 Å². The number of hydrogen-bond donors (Lipinski definition) is 2. The van der Waals surface area contributed by atoms with Crippen LogP contribution in [0.2, 0.25) is 5.02 Å². The summed E-state index contributed by atoms with van der Waals surface area (Å²) in [5, 5.41) is 20.7. The van der Waals surface area contributed by atoms with Gasteiger partial charge in [-0.2, -0.15) is 0 Å². The van der Waals surface area contributed by atoms with Crippen LogP contribution in [0, 0.1) is 6.92 Å². The summed E-state index contributed by atoms with van der Waals surface area (Å²) in [4.78, 5) is 4.84. The summed E-state index contributed by atoms with van der Waals surface area (Å²) >= 11 is 6.55. The van der Waals surface area contributed by atoms with Crippen LogP contribution in [-0.4, -0.2) is 34.4 Å². The van der Waals surface area contributed by atoms with E-state index in [1.54, 1.807) is 38.2 Å². The fraction of sp³-hybridized carbons (Fsp3) is 0.222. The van der Waals surface area contributed by atoms with Crippen molar-refractivity contribution in [1.82, 2.24) is 9.55 Å². The summed E-state index contributed by atoms with van der Waals surface area (Å²) in [6, 6.07) is 18.2. The van der Waals surface area contributed by atoms with E-state index < -0.39 is 15.4 Å². The van der Waals surface area contributed by atoms with Gasteiger partial charge >= 0.3 is 0 Å². The van der Waals surface area contributed by atoms with Gasteiger partial charge in [-0.25, -0.2) is 13.4 Å². The molecule has 0 saturated heterocycles. The summed E-state index contributed by atoms with van der Waals surface area (Å²) in [7, 11) is -3.49. The predicted octanol–water partition coefficient (Wildman–Crippen LogP) is 5.29. The third-order valence-corrected chi connectivity index (χ3v) is 7.39. The van der Waals surface area contributed by atoms with Crippen LogP contribution >= 0.6 is 11.6 Å². The van der Waals surface area contributed by atoms with Gasteiger partial charge in [-0.1, -0.05) is 48.0 Å². The number of imidazole rings is 1. The highest BCUT2D eigenvalue weighted by Crippen LogP contribution is 2.35. The second kappa shape index (κ2) is 9.24. The second-order valence-electron chi connectivity index (χ2n) is 9.11. The van der Waals surface area contributed by atoms with Crippen molar-refractivity contribution in [2.45, 2.75) is 37.9 Å². The molecule has 0 aliphatic rings. The number of aromatic nitrogens is 2. The average Bonchev–Trinajstić information content (AvgIpc) is 3.24. The normalized spacial score (nSPS) is 12.2. The Morgan fingerprint density at radius 2 is 1.69 bits per heavy atom. The lowest BCUT2D eigenvalue weighted by molar-refractivity contribution is 0.0743. The minimum atomic E-state index is -3.49. The molecule has 4 aromatic rings. The van der Waals surface area contributed by atoms with Gasteiger partial charge in [0.05, 0.1) is 22.2 Å². The Balaban J connectivity index is 1.83. The summed E-state index contributed by atoms with van der Waals surface area (Å²) in [5.74, 6) is 0.615. The van der Waals surface area contributed by atoms with E-state index >= 15 is 0 Å². The maximum Gasteiger partial charge on any atom is 0.175 e. The van der Waals surface area contributed by atoms with Crippen molar-refractivity contribution in [2.75, 3.05) is 6.26 Å². The smallest absolute Gasteiger partial charge is 0.175 e. The van der Waals surface area contributed by atoms with Crippen LogP contribution in [0.25, 0.3) is 28.2 Å². The topological polar surface area (TPSA) is 92.4 Å². The lowest BCUT2D eigenvalue weighted by Crippen LogP contribution is -2.15. The molecule has 0 aliphatic carbocycles. The van der Waals surface area contributed by atoms with Crippen molar-refractivity contribution in [3.63, 3.8) is 0 Å². The van der Waals surface area contributed by atoms with E-state index in [2.05, 4.69) is 0 Å². The number of nitrogens with zero attached hydrogens (tertiary/aromatic N) is 2. The van der Waals surface area contributed by atoms with Crippen LogP contribution in [0.5, 0.6) is 0 Å². The maximum absolute atomic E-state index is 12.2. The van der Waals surface area contributed by atoms with E-state index in [9.17, 15) is 18.6 Å². The van der Waals surface area contributed by atoms with Gasteiger partial charge in [0.1, 0.15) is 11.4 Å². The molecule has 1 aromatic heterocycles. The molecule has 1 heterocycles. The van der Waals surface area contributed by atoms with E-state index in [-0.39, 0.29) is 11.5 Å². The van der Waals surface area contributed by atoms with Crippen LogP contribution in [0.1, 0.15) is 30.7 Å². The van der Waals surface area contributed by atoms with Crippen LogP contribution in [0.4, 0.5) is 0 Å². The van der Waals surface area contributed by atoms with E-state index in [1.165, 1.54) is 0 Å². The van der Waals surface area contributed by atoms with Crippen molar-refractivity contribution in [3.8, 4) is 28.2 Å². The standard InChI is InChI=1S/C27H27ClN2O4S/c1-17-6-5-7-22(28)25(17)26-29-24(27(2,3)32)15-30(26)21-12-10-18(11-13-21)19-8-9-20(16-31)23(14-19)35(4,33)34/h5-15,31-32H,16H2,1-4H3. The summed E-state index contributed by atoms with van der Waals surface area (Å²) < 4.78 is 26.3. The Morgan fingerprint density at radius 1 is 1.03 bits per heavy atom. The molecule has 6 nitrogen and oxygen atoms in total. The quantitative estimate of drug-likeness (QED) is 0.367. The zero-order valence-electron chi connectivity index (χ0n) is 19.9. The van der Waals surface area contributed by atoms with E-state index in [0.717, 1.165) is 34.2 Å². The molecule has 0 saturated carbocycles. The third kappa shape index (κ3) is 5.04. The van der Waals surface area contributed by atoms with Crippen molar-refractivity contribution < 1.29 is 18.6 Å². The third-order valence-electron chi connectivity index (χ3n) is 5.89. The van der Waals surface area contributed by atoms with Gasteiger partial charge in [-0.15, -0.1) is 0 Å². The molecule has 0 radical (unpaired) electrons. The van der Waals surface area contributed by atoms with Crippen molar-refractivity contribution >= 4 is 21.4 Å². The Bertz CT molecular complexity index is 1480. The van der Waals surface area contributed by atoms with Gasteiger partial charge < -0.3 is 10.2 Å². The number of rotatable bonds is 6. The first-order valence-corrected chi connectivity index (χ1v) is 13.3. The molecule has 0 aliphatic heterocycles. The van der Waals surface area contributed by atoms with Crippen LogP contribution in [0.15, 0.2) is 71.8 Å². The van der Waals surface area contributed by atoms with Gasteiger partial charge in [0.15, 0.2) is 9.84 Å². The highest BCUT2D eigenvalue weighted by Gasteiger charge is 2.24. The zero-order valence-corrected chi connectivity index (χ0v) is 21.5. The summed E-state index contributed by atoms with van der Waals surface area (Å²) in [6.07, 6.45) is 2.93. The van der Waals surface area contributed by atoms with Gasteiger partial charge in [0, 0.05) is 23.7 Å². The van der Waals surface area contributed by atoms with Crippen LogP contribution in [-0.2, 0) is 22.0 Å². The minimum Gasteiger partial charge on any atom is -0.392 e. The number of halogens is 1. The van der Waals surface area contributed by atoms with Gasteiger partial charge in [0.2, 0.25) is 0 Å². The van der Waals surface area contributed by atoms with Gasteiger partial charge in [-0.3, -0.25) is 4.57 Å². The van der Waals surface area contributed by atoms with E-state index in [0.29, 0.717) is 22.1 Å². The molecular weight excluding hydrogens is 484 g/mol. The summed E-state index contributed by atoms with van der Waals surface area (Å²) in [6.45, 7) is 4.97. The number of sulfone groups is 1. The Labute approximate surface area is 210 Å². The SMILES string of the molecule is Cc1cccc(Cl)c1-c1nc(C(C)(C)O)cn1-c1ccc(-c2ccc(CO)c(S(C)(=O)=O)c2)cc1. The zero-order chi connectivity index (χ0) is 25.5. The minimum absolute atomic E-state index is 0.113. The first-order valence-electron chi connectivity index (χ1n) is 11.0.